The third-order valence-corrected chi connectivity index (χ3v) is 3.61. The van der Waals surface area contributed by atoms with Crippen molar-refractivity contribution in [1.82, 2.24) is 5.32 Å². The van der Waals surface area contributed by atoms with Crippen molar-refractivity contribution in [2.24, 2.45) is 11.3 Å². The number of rotatable bonds is 1. The molecule has 1 aliphatic heterocycles. The Morgan fingerprint density at radius 2 is 1.94 bits per heavy atom. The highest BCUT2D eigenvalue weighted by atomic mass is 19.3. The summed E-state index contributed by atoms with van der Waals surface area (Å²) in [6.07, 6.45) is 1.82. The summed E-state index contributed by atoms with van der Waals surface area (Å²) in [7, 11) is 0. The Bertz CT molecular complexity index is 306. The summed E-state index contributed by atoms with van der Waals surface area (Å²) in [6.45, 7) is 10.5. The van der Waals surface area contributed by atoms with Crippen LogP contribution in [0.3, 0.4) is 0 Å². The molecule has 0 radical (unpaired) electrons. The topological polar surface area (TPSA) is 12.0 Å². The zero-order chi connectivity index (χ0) is 12.2. The first kappa shape index (κ1) is 11.9. The van der Waals surface area contributed by atoms with Crippen LogP contribution in [0.5, 0.6) is 0 Å². The second kappa shape index (κ2) is 3.21. The van der Waals surface area contributed by atoms with Gasteiger partial charge in [-0.25, -0.2) is 8.78 Å². The summed E-state index contributed by atoms with van der Waals surface area (Å²) in [6, 6.07) is 0. The molecule has 2 fully saturated rings. The molecule has 1 atom stereocenters. The van der Waals surface area contributed by atoms with E-state index in [1.165, 1.54) is 0 Å². The van der Waals surface area contributed by atoms with Crippen molar-refractivity contribution < 1.29 is 8.78 Å². The van der Waals surface area contributed by atoms with Crippen LogP contribution >= 0.6 is 0 Å². The van der Waals surface area contributed by atoms with Gasteiger partial charge in [-0.3, -0.25) is 0 Å². The minimum Gasteiger partial charge on any atom is -0.383 e. The number of allylic oxidation sites excluding steroid dienone is 1. The third-order valence-electron chi connectivity index (χ3n) is 3.61. The van der Waals surface area contributed by atoms with Crippen molar-refractivity contribution in [1.29, 1.82) is 0 Å². The molecular weight excluding hydrogens is 208 g/mol. The van der Waals surface area contributed by atoms with Crippen LogP contribution in [-0.4, -0.2) is 11.5 Å². The van der Waals surface area contributed by atoms with E-state index in [1.807, 2.05) is 0 Å². The lowest BCUT2D eigenvalue weighted by molar-refractivity contribution is -0.128. The molecule has 92 valence electrons. The summed E-state index contributed by atoms with van der Waals surface area (Å²) in [5.41, 5.74) is 0.856. The van der Waals surface area contributed by atoms with E-state index < -0.39 is 5.92 Å². The second-order valence-electron chi connectivity index (χ2n) is 6.81. The Morgan fingerprint density at radius 3 is 2.38 bits per heavy atom. The van der Waals surface area contributed by atoms with E-state index in [4.69, 9.17) is 0 Å². The maximum atomic E-state index is 13.0. The van der Waals surface area contributed by atoms with Crippen molar-refractivity contribution in [2.45, 2.75) is 57.9 Å². The summed E-state index contributed by atoms with van der Waals surface area (Å²) >= 11 is 0. The number of hydrogen-bond acceptors (Lipinski definition) is 1. The van der Waals surface area contributed by atoms with E-state index in [-0.39, 0.29) is 23.8 Å². The first-order valence-electron chi connectivity index (χ1n) is 5.96. The van der Waals surface area contributed by atoms with Crippen LogP contribution in [-0.2, 0) is 0 Å². The molecular formula is C13H21F2N. The van der Waals surface area contributed by atoms with Gasteiger partial charge in [-0.1, -0.05) is 27.4 Å². The van der Waals surface area contributed by atoms with Crippen molar-refractivity contribution in [3.8, 4) is 0 Å². The summed E-state index contributed by atoms with van der Waals surface area (Å²) in [5, 5.41) is 3.22. The Labute approximate surface area is 96.3 Å². The SMILES string of the molecule is C=C1NC2(CC1CC(C)(C)C)CC(F)(F)C2. The standard InChI is InChI=1S/C13H21F2N/c1-9-10(5-11(2,3)4)6-12(16-9)7-13(14,15)8-12/h10,16H,1,5-8H2,2-4H3. The van der Waals surface area contributed by atoms with Crippen LogP contribution in [0.2, 0.25) is 0 Å². The van der Waals surface area contributed by atoms with Crippen molar-refractivity contribution in [3.63, 3.8) is 0 Å². The fourth-order valence-electron chi connectivity index (χ4n) is 3.19. The molecule has 2 rings (SSSR count). The van der Waals surface area contributed by atoms with Gasteiger partial charge in [-0.05, 0) is 18.3 Å². The van der Waals surface area contributed by atoms with Gasteiger partial charge in [0.2, 0.25) is 0 Å². The summed E-state index contributed by atoms with van der Waals surface area (Å²) in [5.74, 6) is -2.10. The molecule has 1 N–H and O–H groups in total. The van der Waals surface area contributed by atoms with Gasteiger partial charge in [0.15, 0.2) is 0 Å². The quantitative estimate of drug-likeness (QED) is 0.722. The Kier molecular flexibility index (Phi) is 2.38. The van der Waals surface area contributed by atoms with Gasteiger partial charge in [-0.15, -0.1) is 0 Å². The largest absolute Gasteiger partial charge is 0.383 e. The molecule has 0 aromatic heterocycles. The van der Waals surface area contributed by atoms with Crippen LogP contribution in [0.25, 0.3) is 0 Å². The zero-order valence-corrected chi connectivity index (χ0v) is 10.4. The van der Waals surface area contributed by atoms with Crippen LogP contribution in [0.1, 0.15) is 46.5 Å². The van der Waals surface area contributed by atoms with Gasteiger partial charge in [0.05, 0.1) is 0 Å². The summed E-state index contributed by atoms with van der Waals surface area (Å²) < 4.78 is 25.9. The lowest BCUT2D eigenvalue weighted by atomic mass is 9.70. The zero-order valence-electron chi connectivity index (χ0n) is 10.4. The first-order chi connectivity index (χ1) is 7.11. The molecule has 1 aliphatic carbocycles. The normalized spacial score (nSPS) is 31.3. The molecule has 3 heteroatoms. The Morgan fingerprint density at radius 1 is 1.38 bits per heavy atom. The molecule has 16 heavy (non-hydrogen) atoms. The molecule has 1 saturated heterocycles. The number of halogens is 2. The third kappa shape index (κ3) is 2.23. The van der Waals surface area contributed by atoms with E-state index in [2.05, 4.69) is 32.7 Å². The van der Waals surface area contributed by atoms with Gasteiger partial charge in [-0.2, -0.15) is 0 Å². The molecule has 0 amide bonds. The van der Waals surface area contributed by atoms with Gasteiger partial charge in [0.25, 0.3) is 5.92 Å². The maximum Gasteiger partial charge on any atom is 0.252 e. The number of hydrogen-bond donors (Lipinski definition) is 1. The summed E-state index contributed by atoms with van der Waals surface area (Å²) in [4.78, 5) is 0. The number of alkyl halides is 2. The average molecular weight is 229 g/mol. The van der Waals surface area contributed by atoms with Crippen molar-refractivity contribution >= 4 is 0 Å². The van der Waals surface area contributed by atoms with E-state index >= 15 is 0 Å². The lowest BCUT2D eigenvalue weighted by Crippen LogP contribution is -2.57. The minimum absolute atomic E-state index is 0.0142. The molecule has 1 spiro atoms. The average Bonchev–Trinajstić information content (AvgIpc) is 2.20. The number of nitrogens with one attached hydrogen (secondary N) is 1. The predicted molar refractivity (Wildman–Crippen MR) is 61.4 cm³/mol. The van der Waals surface area contributed by atoms with E-state index in [1.54, 1.807) is 0 Å². The van der Waals surface area contributed by atoms with Crippen LogP contribution in [0.15, 0.2) is 12.3 Å². The van der Waals surface area contributed by atoms with Crippen LogP contribution in [0, 0.1) is 11.3 Å². The lowest BCUT2D eigenvalue weighted by Gasteiger charge is -2.45. The van der Waals surface area contributed by atoms with Crippen molar-refractivity contribution in [2.75, 3.05) is 0 Å². The van der Waals surface area contributed by atoms with E-state index in [0.29, 0.717) is 5.92 Å². The van der Waals surface area contributed by atoms with Gasteiger partial charge < -0.3 is 5.32 Å². The highest BCUT2D eigenvalue weighted by Crippen LogP contribution is 2.54. The van der Waals surface area contributed by atoms with E-state index in [9.17, 15) is 8.78 Å². The van der Waals surface area contributed by atoms with Gasteiger partial charge >= 0.3 is 0 Å². The van der Waals surface area contributed by atoms with E-state index in [0.717, 1.165) is 18.5 Å². The maximum absolute atomic E-state index is 13.0. The molecule has 1 nitrogen and oxygen atoms in total. The monoisotopic (exact) mass is 229 g/mol. The first-order valence-corrected chi connectivity index (χ1v) is 5.96. The highest BCUT2D eigenvalue weighted by molar-refractivity contribution is 5.21. The fourth-order valence-corrected chi connectivity index (χ4v) is 3.19. The Hall–Kier alpha value is -0.600. The molecule has 1 unspecified atom stereocenters. The highest BCUT2D eigenvalue weighted by Gasteiger charge is 2.60. The molecule has 1 saturated carbocycles. The van der Waals surface area contributed by atoms with Crippen molar-refractivity contribution in [3.05, 3.63) is 12.3 Å². The van der Waals surface area contributed by atoms with Gasteiger partial charge in [0.1, 0.15) is 0 Å². The molecule has 2 aliphatic rings. The molecule has 0 aromatic rings. The second-order valence-corrected chi connectivity index (χ2v) is 6.81. The fraction of sp³-hybridized carbons (Fsp3) is 0.846. The van der Waals surface area contributed by atoms with Crippen LogP contribution < -0.4 is 5.32 Å². The predicted octanol–water partition coefficient (Wildman–Crippen LogP) is 3.71. The van der Waals surface area contributed by atoms with Gasteiger partial charge in [0, 0.05) is 30.0 Å². The molecule has 0 bridgehead atoms. The molecule has 1 heterocycles. The Balaban J connectivity index is 1.98. The minimum atomic E-state index is -2.45. The van der Waals surface area contributed by atoms with Crippen LogP contribution in [0.4, 0.5) is 8.78 Å². The smallest absolute Gasteiger partial charge is 0.252 e. The molecule has 0 aromatic carbocycles.